The molecule has 0 saturated carbocycles. The van der Waals surface area contributed by atoms with Crippen LogP contribution in [0.25, 0.3) is 0 Å². The Morgan fingerprint density at radius 2 is 1.67 bits per heavy atom. The second kappa shape index (κ2) is 9.32. The summed E-state index contributed by atoms with van der Waals surface area (Å²) in [6.45, 7) is 7.15. The monoisotopic (exact) mass is 395 g/mol. The van der Waals surface area contributed by atoms with Crippen LogP contribution in [0.1, 0.15) is 26.7 Å². The van der Waals surface area contributed by atoms with E-state index in [2.05, 4.69) is 5.32 Å². The van der Waals surface area contributed by atoms with Crippen molar-refractivity contribution in [3.63, 3.8) is 0 Å². The zero-order valence-corrected chi connectivity index (χ0v) is 17.1. The normalized spacial score (nSPS) is 16.1. The van der Waals surface area contributed by atoms with E-state index in [1.807, 2.05) is 23.6 Å². The van der Waals surface area contributed by atoms with Crippen molar-refractivity contribution in [1.82, 2.24) is 9.80 Å². The first kappa shape index (κ1) is 21.4. The molecule has 0 aromatic heterocycles. The quantitative estimate of drug-likeness (QED) is 0.758. The van der Waals surface area contributed by atoms with E-state index in [9.17, 15) is 18.0 Å². The fourth-order valence-corrected chi connectivity index (χ4v) is 3.95. The zero-order valence-electron chi connectivity index (χ0n) is 16.3. The third-order valence-corrected chi connectivity index (χ3v) is 6.07. The Morgan fingerprint density at radius 1 is 1.11 bits per heavy atom. The second-order valence-corrected chi connectivity index (χ2v) is 8.92. The van der Waals surface area contributed by atoms with Gasteiger partial charge in [-0.2, -0.15) is 0 Å². The van der Waals surface area contributed by atoms with Crippen LogP contribution in [-0.4, -0.2) is 69.0 Å². The van der Waals surface area contributed by atoms with Crippen molar-refractivity contribution in [3.8, 4) is 0 Å². The molecule has 2 amide bonds. The van der Waals surface area contributed by atoms with Gasteiger partial charge in [0.05, 0.1) is 11.4 Å². The lowest BCUT2D eigenvalue weighted by Gasteiger charge is -2.33. The van der Waals surface area contributed by atoms with Crippen LogP contribution in [0.5, 0.6) is 0 Å². The summed E-state index contributed by atoms with van der Waals surface area (Å²) in [7, 11) is -3.25. The molecule has 1 N–H and O–H groups in total. The summed E-state index contributed by atoms with van der Waals surface area (Å²) in [6.07, 6.45) is 2.69. The number of nitrogens with zero attached hydrogens (tertiary/aromatic N) is 2. The summed E-state index contributed by atoms with van der Waals surface area (Å²) >= 11 is 0. The number of sulfone groups is 1. The highest BCUT2D eigenvalue weighted by molar-refractivity contribution is 7.90. The number of hydrogen-bond acceptors (Lipinski definition) is 5. The molecule has 1 aromatic rings. The lowest BCUT2D eigenvalue weighted by Crippen LogP contribution is -2.44. The van der Waals surface area contributed by atoms with Gasteiger partial charge >= 0.3 is 0 Å². The second-order valence-electron chi connectivity index (χ2n) is 6.91. The Bertz CT molecular complexity index is 750. The van der Waals surface area contributed by atoms with Crippen LogP contribution in [0, 0.1) is 5.92 Å². The molecule has 1 aliphatic heterocycles. The van der Waals surface area contributed by atoms with E-state index in [1.165, 1.54) is 12.1 Å². The minimum Gasteiger partial charge on any atom is -0.343 e. The number of carbonyl (C=O) groups is 2. The maximum absolute atomic E-state index is 12.4. The molecule has 0 bridgehead atoms. The van der Waals surface area contributed by atoms with E-state index in [1.54, 1.807) is 12.1 Å². The average Bonchev–Trinajstić information content (AvgIpc) is 2.63. The smallest absolute Gasteiger partial charge is 0.238 e. The molecule has 0 radical (unpaired) electrons. The number of benzene rings is 1. The SMILES string of the molecule is CCN(CC)C(=O)C1CCN(CC(=O)Nc2ccc(S(C)(=O)=O)cc2)CC1. The first-order valence-electron chi connectivity index (χ1n) is 9.35. The maximum atomic E-state index is 12.4. The van der Waals surface area contributed by atoms with Crippen molar-refractivity contribution in [3.05, 3.63) is 24.3 Å². The Morgan fingerprint density at radius 3 is 2.15 bits per heavy atom. The van der Waals surface area contributed by atoms with Gasteiger partial charge in [0.1, 0.15) is 0 Å². The molecule has 0 aliphatic carbocycles. The highest BCUT2D eigenvalue weighted by Gasteiger charge is 2.28. The third-order valence-electron chi connectivity index (χ3n) is 4.95. The highest BCUT2D eigenvalue weighted by atomic mass is 32.2. The number of rotatable bonds is 7. The Kier molecular flexibility index (Phi) is 7.38. The number of nitrogens with one attached hydrogen (secondary N) is 1. The largest absolute Gasteiger partial charge is 0.343 e. The van der Waals surface area contributed by atoms with Gasteiger partial charge in [0, 0.05) is 31.0 Å². The van der Waals surface area contributed by atoms with Gasteiger partial charge in [-0.05, 0) is 64.0 Å². The number of hydrogen-bond donors (Lipinski definition) is 1. The van der Waals surface area contributed by atoms with Crippen molar-refractivity contribution < 1.29 is 18.0 Å². The van der Waals surface area contributed by atoms with E-state index in [0.717, 1.165) is 45.3 Å². The summed E-state index contributed by atoms with van der Waals surface area (Å²) in [5.74, 6) is 0.124. The third kappa shape index (κ3) is 6.04. The van der Waals surface area contributed by atoms with Gasteiger partial charge in [-0.1, -0.05) is 0 Å². The van der Waals surface area contributed by atoms with E-state index < -0.39 is 9.84 Å². The lowest BCUT2D eigenvalue weighted by molar-refractivity contribution is -0.136. The summed E-state index contributed by atoms with van der Waals surface area (Å²) < 4.78 is 22.9. The fraction of sp³-hybridized carbons (Fsp3) is 0.579. The topological polar surface area (TPSA) is 86.8 Å². The van der Waals surface area contributed by atoms with Crippen molar-refractivity contribution >= 4 is 27.3 Å². The number of likely N-dealkylation sites (tertiary alicyclic amines) is 1. The molecule has 0 unspecified atom stereocenters. The van der Waals surface area contributed by atoms with Crippen molar-refractivity contribution in [2.75, 3.05) is 44.3 Å². The molecule has 1 heterocycles. The average molecular weight is 396 g/mol. The van der Waals surface area contributed by atoms with Crippen LogP contribution >= 0.6 is 0 Å². The van der Waals surface area contributed by atoms with E-state index in [4.69, 9.17) is 0 Å². The molecule has 1 fully saturated rings. The van der Waals surface area contributed by atoms with E-state index >= 15 is 0 Å². The predicted octanol–water partition coefficient (Wildman–Crippen LogP) is 1.61. The van der Waals surface area contributed by atoms with Gasteiger partial charge < -0.3 is 10.2 Å². The standard InChI is InChI=1S/C19H29N3O4S/c1-4-22(5-2)19(24)15-10-12-21(13-11-15)14-18(23)20-16-6-8-17(9-7-16)27(3,25)26/h6-9,15H,4-5,10-14H2,1-3H3,(H,20,23). The molecule has 7 nitrogen and oxygen atoms in total. The molecule has 8 heteroatoms. The van der Waals surface area contributed by atoms with Crippen LogP contribution in [0.15, 0.2) is 29.2 Å². The van der Waals surface area contributed by atoms with Gasteiger partial charge in [0.15, 0.2) is 9.84 Å². The number of anilines is 1. The summed E-state index contributed by atoms with van der Waals surface area (Å²) in [5, 5.41) is 2.79. The predicted molar refractivity (Wildman–Crippen MR) is 105 cm³/mol. The molecule has 1 aliphatic rings. The van der Waals surface area contributed by atoms with Crippen molar-refractivity contribution in [2.24, 2.45) is 5.92 Å². The van der Waals surface area contributed by atoms with Gasteiger partial charge in [0.25, 0.3) is 0 Å². The summed E-state index contributed by atoms with van der Waals surface area (Å²) in [4.78, 5) is 28.8. The molecular weight excluding hydrogens is 366 g/mol. The minimum absolute atomic E-state index is 0.0488. The first-order chi connectivity index (χ1) is 12.7. The molecule has 150 valence electrons. The molecule has 27 heavy (non-hydrogen) atoms. The Hall–Kier alpha value is -1.93. The van der Waals surface area contributed by atoms with Crippen LogP contribution in [0.2, 0.25) is 0 Å². The molecule has 1 saturated heterocycles. The van der Waals surface area contributed by atoms with Crippen molar-refractivity contribution in [1.29, 1.82) is 0 Å². The number of piperidine rings is 1. The minimum atomic E-state index is -3.25. The fourth-order valence-electron chi connectivity index (χ4n) is 3.32. The zero-order chi connectivity index (χ0) is 20.0. The Balaban J connectivity index is 1.81. The van der Waals surface area contributed by atoms with Crippen LogP contribution in [0.3, 0.4) is 0 Å². The van der Waals surface area contributed by atoms with Crippen LogP contribution in [0.4, 0.5) is 5.69 Å². The molecule has 1 aromatic carbocycles. The maximum Gasteiger partial charge on any atom is 0.238 e. The van der Waals surface area contributed by atoms with E-state index in [0.29, 0.717) is 5.69 Å². The Labute approximate surface area is 161 Å². The number of carbonyl (C=O) groups excluding carboxylic acids is 2. The van der Waals surface area contributed by atoms with E-state index in [-0.39, 0.29) is 29.2 Å². The first-order valence-corrected chi connectivity index (χ1v) is 11.2. The molecule has 0 spiro atoms. The molecule has 0 atom stereocenters. The highest BCUT2D eigenvalue weighted by Crippen LogP contribution is 2.20. The summed E-state index contributed by atoms with van der Waals surface area (Å²) in [6, 6.07) is 6.14. The number of amides is 2. The van der Waals surface area contributed by atoms with Crippen LogP contribution < -0.4 is 5.32 Å². The van der Waals surface area contributed by atoms with Gasteiger partial charge in [-0.3, -0.25) is 14.5 Å². The summed E-state index contributed by atoms with van der Waals surface area (Å²) in [5.41, 5.74) is 0.569. The molecular formula is C19H29N3O4S. The van der Waals surface area contributed by atoms with Crippen LogP contribution in [-0.2, 0) is 19.4 Å². The van der Waals surface area contributed by atoms with Crippen molar-refractivity contribution in [2.45, 2.75) is 31.6 Å². The van der Waals surface area contributed by atoms with Gasteiger partial charge in [-0.25, -0.2) is 8.42 Å². The lowest BCUT2D eigenvalue weighted by atomic mass is 9.95. The van der Waals surface area contributed by atoms with Gasteiger partial charge in [0.2, 0.25) is 11.8 Å². The molecule has 2 rings (SSSR count). The van der Waals surface area contributed by atoms with Gasteiger partial charge in [-0.15, -0.1) is 0 Å².